The van der Waals surface area contributed by atoms with Crippen LogP contribution in [-0.2, 0) is 6.42 Å². The minimum atomic E-state index is 0.604. The minimum Gasteiger partial charge on any atom is -0.340 e. The molecule has 0 spiro atoms. The second-order valence-corrected chi connectivity index (χ2v) is 4.29. The number of hydrogen-bond donors (Lipinski definition) is 2. The van der Waals surface area contributed by atoms with Gasteiger partial charge >= 0.3 is 0 Å². The quantitative estimate of drug-likeness (QED) is 0.568. The summed E-state index contributed by atoms with van der Waals surface area (Å²) < 4.78 is 0. The van der Waals surface area contributed by atoms with Crippen molar-refractivity contribution in [3.63, 3.8) is 0 Å². The number of imidazole rings is 2. The maximum absolute atomic E-state index is 4.43. The summed E-state index contributed by atoms with van der Waals surface area (Å²) in [6.45, 7) is 0. The highest BCUT2D eigenvalue weighted by Crippen LogP contribution is 2.12. The lowest BCUT2D eigenvalue weighted by Gasteiger charge is -1.90. The van der Waals surface area contributed by atoms with Gasteiger partial charge in [-0.2, -0.15) is 0 Å². The van der Waals surface area contributed by atoms with Gasteiger partial charge in [-0.3, -0.25) is 0 Å². The van der Waals surface area contributed by atoms with E-state index in [1.807, 2.05) is 24.3 Å². The molecule has 0 radical (unpaired) electrons. The first-order chi connectivity index (χ1) is 9.38. The maximum Gasteiger partial charge on any atom is 0.177 e. The van der Waals surface area contributed by atoms with Crippen LogP contribution in [0.5, 0.6) is 0 Å². The number of aromatic nitrogens is 6. The van der Waals surface area contributed by atoms with Crippen LogP contribution in [0.2, 0.25) is 0 Å². The lowest BCUT2D eigenvalue weighted by atomic mass is 10.4. The molecule has 0 atom stereocenters. The first-order valence-electron chi connectivity index (χ1n) is 5.98. The molecule has 0 unspecified atom stereocenters. The summed E-state index contributed by atoms with van der Waals surface area (Å²) in [7, 11) is 0. The normalized spacial score (nSPS) is 11.4. The Bertz CT molecular complexity index is 721. The molecular weight excluding hydrogens is 240 g/mol. The molecule has 4 rings (SSSR count). The van der Waals surface area contributed by atoms with Gasteiger partial charge < -0.3 is 9.97 Å². The second kappa shape index (κ2) is 3.88. The van der Waals surface area contributed by atoms with Crippen molar-refractivity contribution < 1.29 is 0 Å². The molecule has 4 heterocycles. The van der Waals surface area contributed by atoms with Crippen molar-refractivity contribution in [2.45, 2.75) is 6.42 Å². The van der Waals surface area contributed by atoms with E-state index in [0.717, 1.165) is 34.0 Å². The molecule has 4 aromatic rings. The average molecular weight is 250 g/mol. The number of hydrogen-bond acceptors (Lipinski definition) is 4. The fraction of sp³-hybridized carbons (Fsp3) is 0.0769. The molecule has 0 amide bonds. The van der Waals surface area contributed by atoms with E-state index in [1.54, 1.807) is 12.4 Å². The van der Waals surface area contributed by atoms with E-state index >= 15 is 0 Å². The molecular formula is C13H10N6. The van der Waals surface area contributed by atoms with Crippen LogP contribution in [0.3, 0.4) is 0 Å². The molecule has 0 bridgehead atoms. The maximum atomic E-state index is 4.43. The van der Waals surface area contributed by atoms with Gasteiger partial charge in [0.15, 0.2) is 11.3 Å². The Morgan fingerprint density at radius 1 is 0.789 bits per heavy atom. The Kier molecular flexibility index (Phi) is 2.08. The molecule has 0 fully saturated rings. The number of nitrogens with zero attached hydrogens (tertiary/aromatic N) is 4. The number of aromatic amines is 2. The smallest absolute Gasteiger partial charge is 0.177 e. The highest BCUT2D eigenvalue weighted by Gasteiger charge is 2.08. The van der Waals surface area contributed by atoms with E-state index in [9.17, 15) is 0 Å². The summed E-state index contributed by atoms with van der Waals surface area (Å²) in [6, 6.07) is 7.68. The predicted octanol–water partition coefficient (Wildman–Crippen LogP) is 1.82. The molecule has 92 valence electrons. The van der Waals surface area contributed by atoms with Gasteiger partial charge in [-0.1, -0.05) is 0 Å². The van der Waals surface area contributed by atoms with Crippen LogP contribution in [0.25, 0.3) is 22.3 Å². The molecule has 19 heavy (non-hydrogen) atoms. The van der Waals surface area contributed by atoms with Crippen molar-refractivity contribution in [3.05, 3.63) is 48.3 Å². The Balaban J connectivity index is 1.73. The highest BCUT2D eigenvalue weighted by molar-refractivity contribution is 5.71. The van der Waals surface area contributed by atoms with Gasteiger partial charge in [-0.25, -0.2) is 19.9 Å². The number of nitrogens with one attached hydrogen (secondary N) is 2. The monoisotopic (exact) mass is 250 g/mol. The third-order valence-electron chi connectivity index (χ3n) is 2.95. The second-order valence-electron chi connectivity index (χ2n) is 4.29. The average Bonchev–Trinajstić information content (AvgIpc) is 3.00. The van der Waals surface area contributed by atoms with Gasteiger partial charge in [0.05, 0.1) is 17.5 Å². The zero-order valence-electron chi connectivity index (χ0n) is 9.96. The van der Waals surface area contributed by atoms with Gasteiger partial charge in [-0.15, -0.1) is 0 Å². The molecule has 0 aliphatic rings. The predicted molar refractivity (Wildman–Crippen MR) is 70.6 cm³/mol. The van der Waals surface area contributed by atoms with Gasteiger partial charge in [0, 0.05) is 12.4 Å². The molecule has 0 aliphatic carbocycles. The van der Waals surface area contributed by atoms with E-state index in [-0.39, 0.29) is 0 Å². The van der Waals surface area contributed by atoms with Crippen molar-refractivity contribution in [1.29, 1.82) is 0 Å². The summed E-state index contributed by atoms with van der Waals surface area (Å²) in [6.07, 6.45) is 4.07. The molecule has 0 aromatic carbocycles. The number of rotatable bonds is 2. The SMILES string of the molecule is c1cnc2nc(Cc3nc4ncccc4[nH]3)[nH]c2c1. The fourth-order valence-corrected chi connectivity index (χ4v) is 2.12. The van der Waals surface area contributed by atoms with Gasteiger partial charge in [0.1, 0.15) is 11.6 Å². The molecule has 0 aliphatic heterocycles. The summed E-state index contributed by atoms with van der Waals surface area (Å²) in [5, 5.41) is 0. The first kappa shape index (κ1) is 10.2. The van der Waals surface area contributed by atoms with Crippen molar-refractivity contribution in [2.24, 2.45) is 0 Å². The molecule has 6 nitrogen and oxygen atoms in total. The van der Waals surface area contributed by atoms with Crippen molar-refractivity contribution >= 4 is 22.3 Å². The standard InChI is InChI=1S/C13H10N6/c1-3-8-12(14-5-1)18-10(16-8)7-11-17-9-4-2-6-15-13(9)19-11/h1-6H,7H2,(H,14,16,18)(H,15,17,19). The zero-order valence-corrected chi connectivity index (χ0v) is 9.96. The van der Waals surface area contributed by atoms with Crippen molar-refractivity contribution in [1.82, 2.24) is 29.9 Å². The van der Waals surface area contributed by atoms with Gasteiger partial charge in [-0.05, 0) is 24.3 Å². The van der Waals surface area contributed by atoms with Crippen molar-refractivity contribution in [3.8, 4) is 0 Å². The van der Waals surface area contributed by atoms with Crippen LogP contribution < -0.4 is 0 Å². The number of pyridine rings is 2. The summed E-state index contributed by atoms with van der Waals surface area (Å²) in [5.41, 5.74) is 3.33. The lowest BCUT2D eigenvalue weighted by molar-refractivity contribution is 0.956. The molecule has 4 aromatic heterocycles. The molecule has 6 heteroatoms. The van der Waals surface area contributed by atoms with E-state index in [1.165, 1.54) is 0 Å². The van der Waals surface area contributed by atoms with Crippen LogP contribution in [0.4, 0.5) is 0 Å². The Morgan fingerprint density at radius 2 is 1.32 bits per heavy atom. The third kappa shape index (κ3) is 1.74. The van der Waals surface area contributed by atoms with Crippen LogP contribution in [0.15, 0.2) is 36.7 Å². The summed E-state index contributed by atoms with van der Waals surface area (Å²) >= 11 is 0. The van der Waals surface area contributed by atoms with E-state index in [0.29, 0.717) is 6.42 Å². The minimum absolute atomic E-state index is 0.604. The number of fused-ring (bicyclic) bond motifs is 2. The van der Waals surface area contributed by atoms with E-state index < -0.39 is 0 Å². The van der Waals surface area contributed by atoms with Crippen LogP contribution in [0.1, 0.15) is 11.6 Å². The Hall–Kier alpha value is -2.76. The zero-order chi connectivity index (χ0) is 12.7. The molecule has 0 saturated carbocycles. The van der Waals surface area contributed by atoms with Crippen LogP contribution >= 0.6 is 0 Å². The number of H-pyrrole nitrogens is 2. The van der Waals surface area contributed by atoms with Crippen molar-refractivity contribution in [2.75, 3.05) is 0 Å². The van der Waals surface area contributed by atoms with Crippen LogP contribution in [-0.4, -0.2) is 29.9 Å². The Morgan fingerprint density at radius 3 is 1.79 bits per heavy atom. The van der Waals surface area contributed by atoms with Gasteiger partial charge in [0.2, 0.25) is 0 Å². The summed E-state index contributed by atoms with van der Waals surface area (Å²) in [5.74, 6) is 1.68. The topological polar surface area (TPSA) is 83.1 Å². The molecule has 0 saturated heterocycles. The van der Waals surface area contributed by atoms with Crippen LogP contribution in [0, 0.1) is 0 Å². The Labute approximate surface area is 108 Å². The molecule has 2 N–H and O–H groups in total. The lowest BCUT2D eigenvalue weighted by Crippen LogP contribution is -1.92. The van der Waals surface area contributed by atoms with E-state index in [2.05, 4.69) is 29.9 Å². The van der Waals surface area contributed by atoms with Gasteiger partial charge in [0.25, 0.3) is 0 Å². The largest absolute Gasteiger partial charge is 0.340 e. The third-order valence-corrected chi connectivity index (χ3v) is 2.95. The first-order valence-corrected chi connectivity index (χ1v) is 5.98. The fourth-order valence-electron chi connectivity index (χ4n) is 2.12. The summed E-state index contributed by atoms with van der Waals surface area (Å²) in [4.78, 5) is 23.7. The van der Waals surface area contributed by atoms with E-state index in [4.69, 9.17) is 0 Å². The highest BCUT2D eigenvalue weighted by atomic mass is 15.0.